The standard InChI is InChI=1S/C26H27FN4O4/c1-15-3-4-18(24-9-16(2)31(30-24)13-20(33)14-32)10-23(15)29-26(35)22-12-28-25(34)11-21(22)17-5-7-19(27)8-6-17/h3-10,12,20-21,32-33H,11,13-14H2,1-2H3,(H,28,34)(H,29,35). The van der Waals surface area contributed by atoms with Gasteiger partial charge in [0, 0.05) is 41.1 Å². The van der Waals surface area contributed by atoms with Crippen molar-refractivity contribution in [3.05, 3.63) is 82.9 Å². The first-order chi connectivity index (χ1) is 16.7. The minimum absolute atomic E-state index is 0.0836. The summed E-state index contributed by atoms with van der Waals surface area (Å²) in [6.07, 6.45) is 0.583. The lowest BCUT2D eigenvalue weighted by Gasteiger charge is -2.24. The number of aliphatic hydroxyl groups excluding tert-OH is 2. The first-order valence-corrected chi connectivity index (χ1v) is 11.3. The van der Waals surface area contributed by atoms with E-state index in [1.54, 1.807) is 16.8 Å². The van der Waals surface area contributed by atoms with Crippen LogP contribution in [-0.4, -0.2) is 44.5 Å². The molecule has 0 radical (unpaired) electrons. The zero-order valence-corrected chi connectivity index (χ0v) is 19.5. The molecule has 2 heterocycles. The van der Waals surface area contributed by atoms with E-state index >= 15 is 0 Å². The van der Waals surface area contributed by atoms with Crippen LogP contribution in [0.5, 0.6) is 0 Å². The summed E-state index contributed by atoms with van der Waals surface area (Å²) in [5, 5.41) is 28.9. The van der Waals surface area contributed by atoms with E-state index in [0.29, 0.717) is 22.5 Å². The molecule has 2 amide bonds. The number of amides is 2. The van der Waals surface area contributed by atoms with Crippen LogP contribution in [0, 0.1) is 19.7 Å². The average Bonchev–Trinajstić information content (AvgIpc) is 3.20. The minimum atomic E-state index is -0.910. The third-order valence-electron chi connectivity index (χ3n) is 6.05. The van der Waals surface area contributed by atoms with Crippen LogP contribution in [0.15, 0.2) is 60.3 Å². The normalized spacial score (nSPS) is 16.4. The summed E-state index contributed by atoms with van der Waals surface area (Å²) < 4.78 is 15.0. The molecule has 0 spiro atoms. The second-order valence-corrected chi connectivity index (χ2v) is 8.65. The SMILES string of the molecule is Cc1ccc(-c2cc(C)n(CC(O)CO)n2)cc1NC(=O)C1=CNC(=O)CC1c1ccc(F)cc1. The van der Waals surface area contributed by atoms with Gasteiger partial charge in [0.2, 0.25) is 5.91 Å². The van der Waals surface area contributed by atoms with Crippen molar-refractivity contribution in [2.45, 2.75) is 38.8 Å². The van der Waals surface area contributed by atoms with Crippen molar-refractivity contribution in [2.24, 2.45) is 0 Å². The predicted octanol–water partition coefficient (Wildman–Crippen LogP) is 2.79. The monoisotopic (exact) mass is 478 g/mol. The van der Waals surface area contributed by atoms with Crippen molar-refractivity contribution in [2.75, 3.05) is 11.9 Å². The number of aliphatic hydroxyl groups is 2. The highest BCUT2D eigenvalue weighted by Crippen LogP contribution is 2.32. The van der Waals surface area contributed by atoms with Crippen molar-refractivity contribution >= 4 is 17.5 Å². The Morgan fingerprint density at radius 1 is 1.23 bits per heavy atom. The number of nitrogens with zero attached hydrogens (tertiary/aromatic N) is 2. The van der Waals surface area contributed by atoms with Crippen LogP contribution in [0.2, 0.25) is 0 Å². The van der Waals surface area contributed by atoms with Gasteiger partial charge < -0.3 is 20.8 Å². The lowest BCUT2D eigenvalue weighted by atomic mass is 9.86. The molecule has 0 aliphatic carbocycles. The molecule has 1 aliphatic heterocycles. The van der Waals surface area contributed by atoms with E-state index in [2.05, 4.69) is 15.7 Å². The lowest BCUT2D eigenvalue weighted by Crippen LogP contribution is -2.32. The fourth-order valence-electron chi connectivity index (χ4n) is 4.03. The van der Waals surface area contributed by atoms with Crippen LogP contribution in [-0.2, 0) is 16.1 Å². The molecule has 2 unspecified atom stereocenters. The average molecular weight is 479 g/mol. The maximum atomic E-state index is 13.4. The van der Waals surface area contributed by atoms with E-state index in [0.717, 1.165) is 16.8 Å². The van der Waals surface area contributed by atoms with Crippen LogP contribution in [0.25, 0.3) is 11.3 Å². The smallest absolute Gasteiger partial charge is 0.253 e. The van der Waals surface area contributed by atoms with E-state index in [1.165, 1.54) is 18.3 Å². The van der Waals surface area contributed by atoms with E-state index < -0.39 is 12.0 Å². The highest BCUT2D eigenvalue weighted by molar-refractivity contribution is 6.07. The molecule has 35 heavy (non-hydrogen) atoms. The Morgan fingerprint density at radius 3 is 2.69 bits per heavy atom. The number of aromatic nitrogens is 2. The minimum Gasteiger partial charge on any atom is -0.394 e. The highest BCUT2D eigenvalue weighted by atomic mass is 19.1. The molecule has 8 nitrogen and oxygen atoms in total. The Balaban J connectivity index is 1.59. The molecule has 0 bridgehead atoms. The third-order valence-corrected chi connectivity index (χ3v) is 6.05. The van der Waals surface area contributed by atoms with Gasteiger partial charge in [0.25, 0.3) is 5.91 Å². The number of hydrogen-bond donors (Lipinski definition) is 4. The molecule has 4 N–H and O–H groups in total. The Morgan fingerprint density at radius 2 is 1.97 bits per heavy atom. The molecule has 2 aromatic carbocycles. The molecule has 1 aromatic heterocycles. The predicted molar refractivity (Wildman–Crippen MR) is 129 cm³/mol. The second-order valence-electron chi connectivity index (χ2n) is 8.65. The molecule has 1 aliphatic rings. The second kappa shape index (κ2) is 10.2. The molecular weight excluding hydrogens is 451 g/mol. The van der Waals surface area contributed by atoms with Gasteiger partial charge in [-0.2, -0.15) is 5.10 Å². The molecule has 0 fully saturated rings. The van der Waals surface area contributed by atoms with Gasteiger partial charge in [-0.1, -0.05) is 24.3 Å². The fourth-order valence-corrected chi connectivity index (χ4v) is 4.03. The van der Waals surface area contributed by atoms with Gasteiger partial charge in [-0.25, -0.2) is 4.39 Å². The van der Waals surface area contributed by atoms with E-state index in [-0.39, 0.29) is 37.2 Å². The maximum absolute atomic E-state index is 13.4. The van der Waals surface area contributed by atoms with Gasteiger partial charge in [-0.3, -0.25) is 14.3 Å². The van der Waals surface area contributed by atoms with Crippen molar-refractivity contribution in [1.82, 2.24) is 15.1 Å². The summed E-state index contributed by atoms with van der Waals surface area (Å²) in [4.78, 5) is 25.3. The number of nitrogens with one attached hydrogen (secondary N) is 2. The van der Waals surface area contributed by atoms with Crippen LogP contribution >= 0.6 is 0 Å². The Bertz CT molecular complexity index is 1280. The van der Waals surface area contributed by atoms with Gasteiger partial charge in [-0.05, 0) is 49.2 Å². The molecule has 182 valence electrons. The molecule has 0 saturated carbocycles. The summed E-state index contributed by atoms with van der Waals surface area (Å²) in [7, 11) is 0. The van der Waals surface area contributed by atoms with Gasteiger partial charge in [0.05, 0.1) is 24.9 Å². The topological polar surface area (TPSA) is 116 Å². The largest absolute Gasteiger partial charge is 0.394 e. The number of carbonyl (C=O) groups is 2. The Hall–Kier alpha value is -3.82. The summed E-state index contributed by atoms with van der Waals surface area (Å²) in [6, 6.07) is 13.2. The number of hydrogen-bond acceptors (Lipinski definition) is 5. The zero-order valence-electron chi connectivity index (χ0n) is 19.5. The zero-order chi connectivity index (χ0) is 25.1. The van der Waals surface area contributed by atoms with Gasteiger partial charge in [-0.15, -0.1) is 0 Å². The van der Waals surface area contributed by atoms with Gasteiger partial charge in [0.1, 0.15) is 5.82 Å². The summed E-state index contributed by atoms with van der Waals surface area (Å²) in [6.45, 7) is 3.54. The molecule has 2 atom stereocenters. The number of carbonyl (C=O) groups excluding carboxylic acids is 2. The summed E-state index contributed by atoms with van der Waals surface area (Å²) in [5.41, 5.74) is 4.74. The maximum Gasteiger partial charge on any atom is 0.253 e. The Kier molecular flexibility index (Phi) is 7.09. The quantitative estimate of drug-likeness (QED) is 0.417. The molecule has 4 rings (SSSR count). The molecule has 3 aromatic rings. The summed E-state index contributed by atoms with van der Waals surface area (Å²) in [5.74, 6) is -1.47. The number of benzene rings is 2. The van der Waals surface area contributed by atoms with Crippen LogP contribution in [0.4, 0.5) is 10.1 Å². The van der Waals surface area contributed by atoms with Crippen LogP contribution < -0.4 is 10.6 Å². The van der Waals surface area contributed by atoms with Crippen molar-refractivity contribution in [3.8, 4) is 11.3 Å². The van der Waals surface area contributed by atoms with Crippen LogP contribution in [0.3, 0.4) is 0 Å². The summed E-state index contributed by atoms with van der Waals surface area (Å²) >= 11 is 0. The number of anilines is 1. The van der Waals surface area contributed by atoms with Crippen LogP contribution in [0.1, 0.15) is 29.2 Å². The highest BCUT2D eigenvalue weighted by Gasteiger charge is 2.29. The van der Waals surface area contributed by atoms with Crippen molar-refractivity contribution in [3.63, 3.8) is 0 Å². The first kappa shape index (κ1) is 24.3. The first-order valence-electron chi connectivity index (χ1n) is 11.3. The lowest BCUT2D eigenvalue weighted by molar-refractivity contribution is -0.121. The van der Waals surface area contributed by atoms with E-state index in [4.69, 9.17) is 5.11 Å². The molecule has 9 heteroatoms. The van der Waals surface area contributed by atoms with Gasteiger partial charge >= 0.3 is 0 Å². The van der Waals surface area contributed by atoms with Crippen molar-refractivity contribution in [1.29, 1.82) is 0 Å². The number of rotatable bonds is 7. The van der Waals surface area contributed by atoms with E-state index in [1.807, 2.05) is 38.1 Å². The molecule has 0 saturated heterocycles. The Labute approximate surface area is 202 Å². The van der Waals surface area contributed by atoms with Crippen molar-refractivity contribution < 1.29 is 24.2 Å². The molecular formula is C26H27FN4O4. The number of aryl methyl sites for hydroxylation is 2. The third kappa shape index (κ3) is 5.47. The number of halogens is 1. The van der Waals surface area contributed by atoms with E-state index in [9.17, 15) is 19.1 Å². The fraction of sp³-hybridized carbons (Fsp3) is 0.269. The van der Waals surface area contributed by atoms with Gasteiger partial charge in [0.15, 0.2) is 0 Å².